The first kappa shape index (κ1) is 27.9. The van der Waals surface area contributed by atoms with Crippen molar-refractivity contribution in [3.8, 4) is 0 Å². The van der Waals surface area contributed by atoms with E-state index in [0.29, 0.717) is 17.6 Å². The number of fused-ring (bicyclic) bond motifs is 2. The molecular formula is C26H36O10. The maximum absolute atomic E-state index is 12.6. The fraction of sp³-hybridized carbons (Fsp3) is 0.692. The van der Waals surface area contributed by atoms with Gasteiger partial charge in [0.1, 0.15) is 24.4 Å². The highest BCUT2D eigenvalue weighted by atomic mass is 16.6. The summed E-state index contributed by atoms with van der Waals surface area (Å²) in [5.74, 6) is -4.26. The lowest BCUT2D eigenvalue weighted by molar-refractivity contribution is -0.205. The summed E-state index contributed by atoms with van der Waals surface area (Å²) in [7, 11) is 0. The number of hydrogen-bond acceptors (Lipinski definition) is 10. The molecular weight excluding hydrogens is 472 g/mol. The molecule has 1 heterocycles. The first-order chi connectivity index (χ1) is 16.7. The number of ether oxygens (including phenoxy) is 4. The van der Waals surface area contributed by atoms with Crippen molar-refractivity contribution in [3.05, 3.63) is 23.3 Å². The van der Waals surface area contributed by atoms with Crippen LogP contribution in [0.25, 0.3) is 0 Å². The molecule has 10 heteroatoms. The summed E-state index contributed by atoms with van der Waals surface area (Å²) in [6.07, 6.45) is -0.275. The molecule has 3 aliphatic rings. The number of rotatable bonds is 4. The van der Waals surface area contributed by atoms with Crippen LogP contribution < -0.4 is 0 Å². The molecule has 0 bridgehead atoms. The Kier molecular flexibility index (Phi) is 8.00. The quantitative estimate of drug-likeness (QED) is 0.327. The van der Waals surface area contributed by atoms with E-state index in [-0.39, 0.29) is 19.4 Å². The van der Waals surface area contributed by atoms with Gasteiger partial charge in [-0.25, -0.2) is 0 Å². The van der Waals surface area contributed by atoms with Crippen LogP contribution in [0.5, 0.6) is 0 Å². The van der Waals surface area contributed by atoms with Gasteiger partial charge in [-0.2, -0.15) is 0 Å². The van der Waals surface area contributed by atoms with Crippen molar-refractivity contribution in [2.24, 2.45) is 17.3 Å². The molecule has 0 saturated carbocycles. The molecule has 3 rings (SSSR count). The Bertz CT molecular complexity index is 983. The molecule has 0 spiro atoms. The zero-order valence-electron chi connectivity index (χ0n) is 21.6. The number of carbonyl (C=O) groups excluding carboxylic acids is 4. The van der Waals surface area contributed by atoms with E-state index < -0.39 is 71.1 Å². The van der Waals surface area contributed by atoms with Gasteiger partial charge in [-0.1, -0.05) is 18.6 Å². The number of hydrogen-bond donors (Lipinski definition) is 2. The molecule has 0 aromatic carbocycles. The van der Waals surface area contributed by atoms with E-state index >= 15 is 0 Å². The van der Waals surface area contributed by atoms with Crippen molar-refractivity contribution >= 4 is 23.9 Å². The summed E-state index contributed by atoms with van der Waals surface area (Å²) in [6.45, 7) is 8.69. The maximum atomic E-state index is 12.6. The monoisotopic (exact) mass is 508 g/mol. The van der Waals surface area contributed by atoms with Crippen LogP contribution in [-0.4, -0.2) is 70.7 Å². The van der Waals surface area contributed by atoms with E-state index in [2.05, 4.69) is 0 Å². The highest BCUT2D eigenvalue weighted by molar-refractivity contribution is 5.77. The van der Waals surface area contributed by atoms with Gasteiger partial charge >= 0.3 is 23.9 Å². The summed E-state index contributed by atoms with van der Waals surface area (Å²) in [5.41, 5.74) is -2.01. The van der Waals surface area contributed by atoms with Crippen molar-refractivity contribution in [2.75, 3.05) is 6.61 Å². The van der Waals surface area contributed by atoms with Crippen LogP contribution in [-0.2, 0) is 38.1 Å². The van der Waals surface area contributed by atoms with Gasteiger partial charge in [-0.05, 0) is 38.3 Å². The number of aliphatic hydroxyl groups excluding tert-OH is 1. The molecule has 2 aliphatic carbocycles. The van der Waals surface area contributed by atoms with E-state index in [1.807, 2.05) is 6.08 Å². The Labute approximate surface area is 210 Å². The molecule has 1 aliphatic heterocycles. The Hall–Kier alpha value is -2.72. The Morgan fingerprint density at radius 2 is 1.72 bits per heavy atom. The van der Waals surface area contributed by atoms with E-state index in [1.165, 1.54) is 33.8 Å². The van der Waals surface area contributed by atoms with Crippen LogP contribution in [0.4, 0.5) is 0 Å². The third kappa shape index (κ3) is 4.93. The Morgan fingerprint density at radius 1 is 1.11 bits per heavy atom. The first-order valence-corrected chi connectivity index (χ1v) is 12.2. The van der Waals surface area contributed by atoms with Gasteiger partial charge < -0.3 is 29.2 Å². The van der Waals surface area contributed by atoms with Crippen LogP contribution in [0.15, 0.2) is 23.3 Å². The summed E-state index contributed by atoms with van der Waals surface area (Å²) in [5, 5.41) is 23.8. The van der Waals surface area contributed by atoms with Crippen LogP contribution in [0.1, 0.15) is 60.8 Å². The van der Waals surface area contributed by atoms with E-state index in [1.54, 1.807) is 13.8 Å². The standard InChI is InChI=1S/C26H36O10/c1-13-7-9-19(34-16(4)28)25(6)20(35-17(5)29)10-8-18(12-33-15(3)27)11-21-26(32,23(30)22(13)25)14(2)24(31)36-21/h7,11,14,19-23,30,32H,8-10,12H2,1-6H3/b18-11-/t14-,19-,20+,21-,22+,23+,25+,26-/m0/s1. The minimum Gasteiger partial charge on any atom is -0.462 e. The van der Waals surface area contributed by atoms with E-state index in [0.717, 1.165) is 0 Å². The van der Waals surface area contributed by atoms with Gasteiger partial charge in [-0.15, -0.1) is 0 Å². The average Bonchev–Trinajstić information content (AvgIpc) is 2.99. The minimum absolute atomic E-state index is 0.136. The molecule has 2 N–H and O–H groups in total. The highest BCUT2D eigenvalue weighted by Gasteiger charge is 2.65. The third-order valence-electron chi connectivity index (χ3n) is 7.93. The van der Waals surface area contributed by atoms with Crippen LogP contribution in [0, 0.1) is 17.3 Å². The van der Waals surface area contributed by atoms with Crippen molar-refractivity contribution in [1.82, 2.24) is 0 Å². The zero-order valence-corrected chi connectivity index (χ0v) is 21.6. The molecule has 0 unspecified atom stereocenters. The molecule has 36 heavy (non-hydrogen) atoms. The van der Waals surface area contributed by atoms with E-state index in [4.69, 9.17) is 18.9 Å². The summed E-state index contributed by atoms with van der Waals surface area (Å²) < 4.78 is 22.1. The fourth-order valence-corrected chi connectivity index (χ4v) is 5.98. The topological polar surface area (TPSA) is 146 Å². The van der Waals surface area contributed by atoms with Crippen molar-refractivity contribution in [1.29, 1.82) is 0 Å². The van der Waals surface area contributed by atoms with Crippen molar-refractivity contribution in [2.45, 2.75) is 90.8 Å². The molecule has 0 aromatic heterocycles. The van der Waals surface area contributed by atoms with Crippen LogP contribution >= 0.6 is 0 Å². The third-order valence-corrected chi connectivity index (χ3v) is 7.93. The Morgan fingerprint density at radius 3 is 2.31 bits per heavy atom. The molecule has 0 amide bonds. The summed E-state index contributed by atoms with van der Waals surface area (Å²) in [4.78, 5) is 48.4. The van der Waals surface area contributed by atoms with Gasteiger partial charge in [0.2, 0.25) is 0 Å². The van der Waals surface area contributed by atoms with Crippen LogP contribution in [0.2, 0.25) is 0 Å². The smallest absolute Gasteiger partial charge is 0.312 e. The lowest BCUT2D eigenvalue weighted by atomic mass is 9.56. The number of esters is 4. The second kappa shape index (κ2) is 10.3. The SMILES string of the molecule is CC(=O)OC/C1=C\[C@@H]2OC(=O)[C@H](C)[C@@]2(O)[C@H](O)[C@H]2C(C)=CC[C@H](OC(C)=O)[C@]2(C)[C@H](OC(C)=O)CC1. The number of carbonyl (C=O) groups is 4. The zero-order chi connectivity index (χ0) is 27.0. The molecule has 0 aromatic rings. The molecule has 1 fully saturated rings. The Balaban J connectivity index is 2.24. The fourth-order valence-electron chi connectivity index (χ4n) is 5.98. The molecule has 0 radical (unpaired) electrons. The van der Waals surface area contributed by atoms with E-state index in [9.17, 15) is 29.4 Å². The van der Waals surface area contributed by atoms with Crippen molar-refractivity contribution in [3.63, 3.8) is 0 Å². The second-order valence-electron chi connectivity index (χ2n) is 10.3. The summed E-state index contributed by atoms with van der Waals surface area (Å²) >= 11 is 0. The van der Waals surface area contributed by atoms with Gasteiger partial charge in [0.25, 0.3) is 0 Å². The predicted molar refractivity (Wildman–Crippen MR) is 125 cm³/mol. The van der Waals surface area contributed by atoms with Gasteiger partial charge in [-0.3, -0.25) is 19.2 Å². The van der Waals surface area contributed by atoms with Gasteiger partial charge in [0.05, 0.1) is 17.4 Å². The molecule has 10 nitrogen and oxygen atoms in total. The lowest BCUT2D eigenvalue weighted by Gasteiger charge is -2.54. The largest absolute Gasteiger partial charge is 0.462 e. The minimum atomic E-state index is -2.06. The van der Waals surface area contributed by atoms with Gasteiger partial charge in [0.15, 0.2) is 6.10 Å². The predicted octanol–water partition coefficient (Wildman–Crippen LogP) is 1.76. The summed E-state index contributed by atoms with van der Waals surface area (Å²) in [6, 6.07) is 0. The molecule has 1 saturated heterocycles. The lowest BCUT2D eigenvalue weighted by Crippen LogP contribution is -2.64. The molecule has 8 atom stereocenters. The molecule has 200 valence electrons. The normalized spacial score (nSPS) is 39.8. The van der Waals surface area contributed by atoms with Crippen molar-refractivity contribution < 1.29 is 48.3 Å². The highest BCUT2D eigenvalue weighted by Crippen LogP contribution is 2.54. The maximum Gasteiger partial charge on any atom is 0.312 e. The van der Waals surface area contributed by atoms with Gasteiger partial charge in [0, 0.05) is 33.1 Å². The van der Waals surface area contributed by atoms with Crippen LogP contribution in [0.3, 0.4) is 0 Å². The second-order valence-corrected chi connectivity index (χ2v) is 10.3. The first-order valence-electron chi connectivity index (χ1n) is 12.2. The average molecular weight is 509 g/mol. The number of aliphatic hydroxyl groups is 2.